The predicted molar refractivity (Wildman–Crippen MR) is 81.6 cm³/mol. The molecule has 0 aromatic carbocycles. The third kappa shape index (κ3) is 7.70. The summed E-state index contributed by atoms with van der Waals surface area (Å²) in [5, 5.41) is 0. The molecule has 1 aromatic rings. The maximum Gasteiger partial charge on any atom is 0.264 e. The van der Waals surface area contributed by atoms with Crippen LogP contribution in [-0.2, 0) is 16.5 Å². The summed E-state index contributed by atoms with van der Waals surface area (Å²) in [6, 6.07) is 2.28. The lowest BCUT2D eigenvalue weighted by molar-refractivity contribution is 0.478. The van der Waals surface area contributed by atoms with Crippen LogP contribution >= 0.6 is 11.3 Å². The van der Waals surface area contributed by atoms with Gasteiger partial charge in [-0.05, 0) is 44.7 Å². The van der Waals surface area contributed by atoms with Crippen LogP contribution < -0.4 is 0 Å². The van der Waals surface area contributed by atoms with Gasteiger partial charge in [-0.3, -0.25) is 4.55 Å². The van der Waals surface area contributed by atoms with E-state index in [9.17, 15) is 8.42 Å². The maximum atomic E-state index is 10.5. The van der Waals surface area contributed by atoms with Crippen molar-refractivity contribution in [3.63, 3.8) is 0 Å². The van der Waals surface area contributed by atoms with E-state index in [1.165, 1.54) is 28.2 Å². The van der Waals surface area contributed by atoms with E-state index in [4.69, 9.17) is 4.55 Å². The fraction of sp³-hybridized carbons (Fsp3) is 0.714. The summed E-state index contributed by atoms with van der Waals surface area (Å²) in [6.45, 7) is 4.33. The lowest BCUT2D eigenvalue weighted by atomic mass is 10.1. The largest absolute Gasteiger partial charge is 0.286 e. The van der Waals surface area contributed by atoms with E-state index in [-0.39, 0.29) is 5.75 Å². The maximum absolute atomic E-state index is 10.5. The Balaban J connectivity index is 2.01. The lowest BCUT2D eigenvalue weighted by Gasteiger charge is -2.02. The van der Waals surface area contributed by atoms with Gasteiger partial charge in [0.2, 0.25) is 0 Å². The zero-order chi connectivity index (χ0) is 14.3. The van der Waals surface area contributed by atoms with E-state index < -0.39 is 10.1 Å². The average molecular weight is 304 g/mol. The highest BCUT2D eigenvalue weighted by Crippen LogP contribution is 2.22. The lowest BCUT2D eigenvalue weighted by Crippen LogP contribution is -2.03. The second kappa shape index (κ2) is 8.02. The van der Waals surface area contributed by atoms with Gasteiger partial charge in [0.15, 0.2) is 0 Å². The minimum absolute atomic E-state index is 0.0968. The molecule has 5 heteroatoms. The van der Waals surface area contributed by atoms with Crippen LogP contribution in [-0.4, -0.2) is 18.7 Å². The number of hydrogen-bond acceptors (Lipinski definition) is 3. The predicted octanol–water partition coefficient (Wildman–Crippen LogP) is 4.14. The Morgan fingerprint density at radius 2 is 1.63 bits per heavy atom. The van der Waals surface area contributed by atoms with E-state index in [2.05, 4.69) is 19.9 Å². The number of unbranched alkanes of at least 4 members (excludes halogenated alkanes) is 5. The van der Waals surface area contributed by atoms with E-state index >= 15 is 0 Å². The molecule has 0 aliphatic carbocycles. The minimum Gasteiger partial charge on any atom is -0.286 e. The molecule has 0 fully saturated rings. The minimum atomic E-state index is -3.76. The molecule has 1 heterocycles. The monoisotopic (exact) mass is 304 g/mol. The van der Waals surface area contributed by atoms with Gasteiger partial charge in [0, 0.05) is 9.75 Å². The van der Waals surface area contributed by atoms with Gasteiger partial charge < -0.3 is 0 Å². The molecule has 0 spiro atoms. The highest BCUT2D eigenvalue weighted by atomic mass is 32.2. The van der Waals surface area contributed by atoms with Gasteiger partial charge >= 0.3 is 0 Å². The highest BCUT2D eigenvalue weighted by molar-refractivity contribution is 7.85. The summed E-state index contributed by atoms with van der Waals surface area (Å²) in [4.78, 5) is 2.82. The van der Waals surface area contributed by atoms with Crippen LogP contribution in [0.5, 0.6) is 0 Å². The Labute approximate surface area is 120 Å². The molecule has 0 bridgehead atoms. The summed E-state index contributed by atoms with van der Waals surface area (Å²) >= 11 is 1.87. The quantitative estimate of drug-likeness (QED) is 0.551. The summed E-state index contributed by atoms with van der Waals surface area (Å²) in [5.41, 5.74) is 1.48. The molecule has 1 rings (SSSR count). The van der Waals surface area contributed by atoms with E-state index in [1.807, 2.05) is 11.3 Å². The normalized spacial score (nSPS) is 11.9. The van der Waals surface area contributed by atoms with Gasteiger partial charge in [-0.1, -0.05) is 25.7 Å². The fourth-order valence-corrected chi connectivity index (χ4v) is 3.78. The van der Waals surface area contributed by atoms with Crippen LogP contribution in [0.3, 0.4) is 0 Å². The molecule has 0 saturated carbocycles. The molecule has 0 amide bonds. The van der Waals surface area contributed by atoms with Crippen molar-refractivity contribution < 1.29 is 13.0 Å². The molecule has 0 aliphatic rings. The first-order chi connectivity index (χ1) is 8.88. The molecule has 0 unspecified atom stereocenters. The smallest absolute Gasteiger partial charge is 0.264 e. The zero-order valence-electron chi connectivity index (χ0n) is 11.8. The summed E-state index contributed by atoms with van der Waals surface area (Å²) in [7, 11) is -3.76. The van der Waals surface area contributed by atoms with Gasteiger partial charge in [0.25, 0.3) is 10.1 Å². The van der Waals surface area contributed by atoms with Gasteiger partial charge in [0.1, 0.15) is 0 Å². The van der Waals surface area contributed by atoms with Crippen molar-refractivity contribution in [2.75, 3.05) is 5.75 Å². The number of aryl methyl sites for hydroxylation is 3. The summed E-state index contributed by atoms with van der Waals surface area (Å²) in [6.07, 6.45) is 7.21. The Kier molecular flexibility index (Phi) is 7.04. The summed E-state index contributed by atoms with van der Waals surface area (Å²) < 4.78 is 29.6. The second-order valence-electron chi connectivity index (χ2n) is 5.10. The van der Waals surface area contributed by atoms with Gasteiger partial charge in [0.05, 0.1) is 5.75 Å². The van der Waals surface area contributed by atoms with Crippen molar-refractivity contribution in [2.24, 2.45) is 0 Å². The average Bonchev–Trinajstić information content (AvgIpc) is 2.60. The molecule has 1 aromatic heterocycles. The third-order valence-electron chi connectivity index (χ3n) is 3.24. The standard InChI is InChI=1S/C14H24O3S2/c1-12-11-14(13(2)18-12)9-7-5-3-4-6-8-10-19(15,16)17/h11H,3-10H2,1-2H3,(H,15,16,17). The van der Waals surface area contributed by atoms with Crippen LogP contribution in [0.4, 0.5) is 0 Å². The Morgan fingerprint density at radius 1 is 1.05 bits per heavy atom. The molecular formula is C14H24O3S2. The molecule has 3 nitrogen and oxygen atoms in total. The molecule has 0 radical (unpaired) electrons. The summed E-state index contributed by atoms with van der Waals surface area (Å²) in [5.74, 6) is -0.0968. The van der Waals surface area contributed by atoms with Crippen LogP contribution in [0.2, 0.25) is 0 Å². The van der Waals surface area contributed by atoms with E-state index in [0.717, 1.165) is 25.7 Å². The first kappa shape index (κ1) is 16.7. The molecule has 19 heavy (non-hydrogen) atoms. The van der Waals surface area contributed by atoms with E-state index in [1.54, 1.807) is 0 Å². The van der Waals surface area contributed by atoms with Gasteiger partial charge in [-0.15, -0.1) is 11.3 Å². The molecule has 110 valence electrons. The van der Waals surface area contributed by atoms with Crippen molar-refractivity contribution in [2.45, 2.75) is 58.8 Å². The van der Waals surface area contributed by atoms with Crippen molar-refractivity contribution in [1.82, 2.24) is 0 Å². The van der Waals surface area contributed by atoms with Gasteiger partial charge in [-0.25, -0.2) is 0 Å². The second-order valence-corrected chi connectivity index (χ2v) is 8.13. The molecular weight excluding hydrogens is 280 g/mol. The van der Waals surface area contributed by atoms with Crippen molar-refractivity contribution >= 4 is 21.5 Å². The Bertz CT molecular complexity index is 475. The number of hydrogen-bond donors (Lipinski definition) is 1. The van der Waals surface area contributed by atoms with Crippen molar-refractivity contribution in [3.8, 4) is 0 Å². The Hall–Kier alpha value is -0.390. The highest BCUT2D eigenvalue weighted by Gasteiger charge is 2.04. The molecule has 0 atom stereocenters. The zero-order valence-corrected chi connectivity index (χ0v) is 13.4. The van der Waals surface area contributed by atoms with Crippen LogP contribution in [0.15, 0.2) is 6.07 Å². The third-order valence-corrected chi connectivity index (χ3v) is 5.05. The fourth-order valence-electron chi connectivity index (χ4n) is 2.24. The number of rotatable bonds is 9. The number of thiophene rings is 1. The SMILES string of the molecule is Cc1cc(CCCCCCCCS(=O)(=O)O)c(C)s1. The van der Waals surface area contributed by atoms with Crippen LogP contribution in [0.25, 0.3) is 0 Å². The van der Waals surface area contributed by atoms with Gasteiger partial charge in [-0.2, -0.15) is 8.42 Å². The Morgan fingerprint density at radius 3 is 2.16 bits per heavy atom. The van der Waals surface area contributed by atoms with Crippen LogP contribution in [0.1, 0.15) is 53.8 Å². The van der Waals surface area contributed by atoms with Crippen molar-refractivity contribution in [1.29, 1.82) is 0 Å². The first-order valence-electron chi connectivity index (χ1n) is 6.89. The molecule has 0 saturated heterocycles. The van der Waals surface area contributed by atoms with E-state index in [0.29, 0.717) is 6.42 Å². The molecule has 0 aliphatic heterocycles. The first-order valence-corrected chi connectivity index (χ1v) is 9.32. The molecule has 1 N–H and O–H groups in total. The van der Waals surface area contributed by atoms with Crippen molar-refractivity contribution in [3.05, 3.63) is 21.4 Å². The topological polar surface area (TPSA) is 54.4 Å². The van der Waals surface area contributed by atoms with Crippen LogP contribution in [0, 0.1) is 13.8 Å².